The maximum Gasteiger partial charge on any atom is 0.265 e. The molecule has 7 nitrogen and oxygen atoms in total. The molecule has 2 aromatic carbocycles. The van der Waals surface area contributed by atoms with Crippen molar-refractivity contribution in [1.29, 1.82) is 0 Å². The van der Waals surface area contributed by atoms with Gasteiger partial charge >= 0.3 is 0 Å². The van der Waals surface area contributed by atoms with Crippen LogP contribution in [-0.2, 0) is 16.1 Å². The van der Waals surface area contributed by atoms with Gasteiger partial charge in [0.15, 0.2) is 12.4 Å². The third-order valence-electron chi connectivity index (χ3n) is 5.02. The molecule has 1 N–H and O–H groups in total. The first kappa shape index (κ1) is 18.5. The Morgan fingerprint density at radius 2 is 1.82 bits per heavy atom. The van der Waals surface area contributed by atoms with Crippen LogP contribution in [0.3, 0.4) is 0 Å². The van der Waals surface area contributed by atoms with Gasteiger partial charge in [-0.25, -0.2) is 0 Å². The number of ketones is 1. The molecule has 2 aromatic rings. The lowest BCUT2D eigenvalue weighted by molar-refractivity contribution is -0.121. The van der Waals surface area contributed by atoms with Crippen LogP contribution in [0.15, 0.2) is 42.5 Å². The van der Waals surface area contributed by atoms with Gasteiger partial charge in [-0.3, -0.25) is 9.59 Å². The second-order valence-corrected chi connectivity index (χ2v) is 6.80. The Morgan fingerprint density at radius 1 is 1.07 bits per heavy atom. The Labute approximate surface area is 163 Å². The maximum atomic E-state index is 12.5. The van der Waals surface area contributed by atoms with Gasteiger partial charge in [-0.15, -0.1) is 0 Å². The van der Waals surface area contributed by atoms with Gasteiger partial charge in [0.05, 0.1) is 25.4 Å². The third-order valence-corrected chi connectivity index (χ3v) is 5.02. The van der Waals surface area contributed by atoms with Crippen molar-refractivity contribution in [3.05, 3.63) is 53.6 Å². The Bertz CT molecular complexity index is 875. The summed E-state index contributed by atoms with van der Waals surface area (Å²) in [5.74, 6) is -0.00647. The minimum absolute atomic E-state index is 0.0356. The SMILES string of the molecule is O=C(CO)c1ccc2c(c1)N(Cc1ccc(N3CCOCC3)cc1)C(=O)CO2. The standard InChI is InChI=1S/C21H22N2O5/c24-13-19(25)16-3-6-20-18(11-16)23(21(26)14-28-20)12-15-1-4-17(5-2-15)22-7-9-27-10-8-22/h1-6,11,24H,7-10,12-14H2. The van der Waals surface area contributed by atoms with Gasteiger partial charge in [0.25, 0.3) is 5.91 Å². The highest BCUT2D eigenvalue weighted by atomic mass is 16.5. The molecule has 0 radical (unpaired) electrons. The molecular formula is C21H22N2O5. The van der Waals surface area contributed by atoms with Gasteiger partial charge < -0.3 is 24.4 Å². The highest BCUT2D eigenvalue weighted by Gasteiger charge is 2.26. The number of hydrogen-bond acceptors (Lipinski definition) is 6. The Kier molecular flexibility index (Phi) is 5.27. The second kappa shape index (κ2) is 8.00. The molecule has 146 valence electrons. The van der Waals surface area contributed by atoms with Gasteiger partial charge in [-0.2, -0.15) is 0 Å². The Hall–Kier alpha value is -2.90. The number of anilines is 2. The van der Waals surface area contributed by atoms with Crippen LogP contribution >= 0.6 is 0 Å². The van der Waals surface area contributed by atoms with Gasteiger partial charge in [0, 0.05) is 24.3 Å². The van der Waals surface area contributed by atoms with Crippen molar-refractivity contribution >= 4 is 23.1 Å². The number of aliphatic hydroxyl groups is 1. The fourth-order valence-corrected chi connectivity index (χ4v) is 3.46. The molecule has 0 bridgehead atoms. The van der Waals surface area contributed by atoms with E-state index in [0.29, 0.717) is 23.5 Å². The molecule has 28 heavy (non-hydrogen) atoms. The number of aliphatic hydroxyl groups excluding tert-OH is 1. The number of hydrogen-bond donors (Lipinski definition) is 1. The van der Waals surface area contributed by atoms with Crippen LogP contribution in [0.25, 0.3) is 0 Å². The van der Waals surface area contributed by atoms with E-state index in [1.807, 2.05) is 12.1 Å². The number of Topliss-reactive ketones (excluding diaryl/α,β-unsaturated/α-hetero) is 1. The fraction of sp³-hybridized carbons (Fsp3) is 0.333. The molecule has 7 heteroatoms. The van der Waals surface area contributed by atoms with E-state index >= 15 is 0 Å². The average Bonchev–Trinajstić information content (AvgIpc) is 2.76. The lowest BCUT2D eigenvalue weighted by Gasteiger charge is -2.31. The maximum absolute atomic E-state index is 12.5. The summed E-state index contributed by atoms with van der Waals surface area (Å²) in [6.07, 6.45) is 0. The van der Waals surface area contributed by atoms with E-state index in [1.54, 1.807) is 23.1 Å². The van der Waals surface area contributed by atoms with E-state index < -0.39 is 12.4 Å². The molecule has 1 saturated heterocycles. The van der Waals surface area contributed by atoms with Gasteiger partial charge in [-0.1, -0.05) is 12.1 Å². The molecule has 1 amide bonds. The smallest absolute Gasteiger partial charge is 0.265 e. The van der Waals surface area contributed by atoms with E-state index in [-0.39, 0.29) is 12.5 Å². The topological polar surface area (TPSA) is 79.3 Å². The van der Waals surface area contributed by atoms with Crippen LogP contribution in [-0.4, -0.2) is 56.3 Å². The van der Waals surface area contributed by atoms with Crippen LogP contribution < -0.4 is 14.5 Å². The minimum atomic E-state index is -0.573. The molecule has 4 rings (SSSR count). The lowest BCUT2D eigenvalue weighted by atomic mass is 10.1. The van der Waals surface area contributed by atoms with Crippen LogP contribution in [0, 0.1) is 0 Å². The molecule has 0 saturated carbocycles. The summed E-state index contributed by atoms with van der Waals surface area (Å²) in [4.78, 5) is 28.2. The number of carbonyl (C=O) groups excluding carboxylic acids is 2. The first-order chi connectivity index (χ1) is 13.7. The molecule has 2 heterocycles. The highest BCUT2D eigenvalue weighted by Crippen LogP contribution is 2.34. The number of rotatable bonds is 5. The zero-order valence-corrected chi connectivity index (χ0v) is 15.5. The van der Waals surface area contributed by atoms with Crippen molar-refractivity contribution in [2.75, 3.05) is 49.3 Å². The van der Waals surface area contributed by atoms with Crippen LogP contribution in [0.1, 0.15) is 15.9 Å². The monoisotopic (exact) mass is 382 g/mol. The number of amides is 1. The number of carbonyl (C=O) groups is 2. The number of morpholine rings is 1. The predicted octanol–water partition coefficient (Wildman–Crippen LogP) is 1.62. The van der Waals surface area contributed by atoms with E-state index in [4.69, 9.17) is 14.6 Å². The number of ether oxygens (including phenoxy) is 2. The van der Waals surface area contributed by atoms with Crippen molar-refractivity contribution in [3.63, 3.8) is 0 Å². The number of fused-ring (bicyclic) bond motifs is 1. The number of benzene rings is 2. The normalized spacial score (nSPS) is 16.5. The van der Waals surface area contributed by atoms with Crippen molar-refractivity contribution in [3.8, 4) is 5.75 Å². The molecule has 2 aliphatic heterocycles. The summed E-state index contributed by atoms with van der Waals surface area (Å²) in [5.41, 5.74) is 3.02. The van der Waals surface area contributed by atoms with Gasteiger partial charge in [0.1, 0.15) is 12.4 Å². The van der Waals surface area contributed by atoms with E-state index in [1.165, 1.54) is 0 Å². The third kappa shape index (κ3) is 3.72. The van der Waals surface area contributed by atoms with Crippen LogP contribution in [0.4, 0.5) is 11.4 Å². The predicted molar refractivity (Wildman–Crippen MR) is 104 cm³/mol. The summed E-state index contributed by atoms with van der Waals surface area (Å²) < 4.78 is 10.9. The van der Waals surface area contributed by atoms with Gasteiger partial charge in [-0.05, 0) is 35.9 Å². The van der Waals surface area contributed by atoms with Crippen LogP contribution in [0.2, 0.25) is 0 Å². The quantitative estimate of drug-likeness (QED) is 0.792. The molecule has 0 atom stereocenters. The van der Waals surface area contributed by atoms with Crippen molar-refractivity contribution in [2.45, 2.75) is 6.54 Å². The zero-order valence-electron chi connectivity index (χ0n) is 15.5. The molecule has 0 aliphatic carbocycles. The highest BCUT2D eigenvalue weighted by molar-refractivity contribution is 6.02. The summed E-state index contributed by atoms with van der Waals surface area (Å²) in [5, 5.41) is 9.11. The molecular weight excluding hydrogens is 360 g/mol. The molecule has 2 aliphatic rings. The Morgan fingerprint density at radius 3 is 2.54 bits per heavy atom. The number of nitrogens with zero attached hydrogens (tertiary/aromatic N) is 2. The first-order valence-electron chi connectivity index (χ1n) is 9.28. The summed E-state index contributed by atoms with van der Waals surface area (Å²) >= 11 is 0. The molecule has 1 fully saturated rings. The van der Waals surface area contributed by atoms with E-state index in [2.05, 4.69) is 17.0 Å². The first-order valence-corrected chi connectivity index (χ1v) is 9.28. The largest absolute Gasteiger partial charge is 0.482 e. The molecule has 0 unspecified atom stereocenters. The average molecular weight is 382 g/mol. The van der Waals surface area contributed by atoms with Crippen molar-refractivity contribution < 1.29 is 24.2 Å². The van der Waals surface area contributed by atoms with E-state index in [0.717, 1.165) is 37.6 Å². The zero-order chi connectivity index (χ0) is 19.5. The fourth-order valence-electron chi connectivity index (χ4n) is 3.46. The summed E-state index contributed by atoms with van der Waals surface area (Å²) in [7, 11) is 0. The van der Waals surface area contributed by atoms with Crippen molar-refractivity contribution in [2.24, 2.45) is 0 Å². The van der Waals surface area contributed by atoms with Crippen LogP contribution in [0.5, 0.6) is 5.75 Å². The van der Waals surface area contributed by atoms with E-state index in [9.17, 15) is 9.59 Å². The molecule has 0 spiro atoms. The second-order valence-electron chi connectivity index (χ2n) is 6.80. The Balaban J connectivity index is 1.56. The van der Waals surface area contributed by atoms with Gasteiger partial charge in [0.2, 0.25) is 0 Å². The minimum Gasteiger partial charge on any atom is -0.482 e. The molecule has 0 aromatic heterocycles. The van der Waals surface area contributed by atoms with Crippen molar-refractivity contribution in [1.82, 2.24) is 0 Å². The lowest BCUT2D eigenvalue weighted by Crippen LogP contribution is -2.38. The summed E-state index contributed by atoms with van der Waals surface area (Å²) in [6, 6.07) is 13.0. The summed E-state index contributed by atoms with van der Waals surface area (Å²) in [6.45, 7) is 2.98.